The zero-order chi connectivity index (χ0) is 23.6. The van der Waals surface area contributed by atoms with Crippen molar-refractivity contribution < 1.29 is 13.2 Å². The summed E-state index contributed by atoms with van der Waals surface area (Å²) in [6, 6.07) is 13.8. The van der Waals surface area contributed by atoms with Crippen molar-refractivity contribution in [3.8, 4) is 32.8 Å². The van der Waals surface area contributed by atoms with Crippen molar-refractivity contribution in [2.45, 2.75) is 45.1 Å². The molecule has 1 aromatic heterocycles. The van der Waals surface area contributed by atoms with Gasteiger partial charge in [-0.2, -0.15) is 18.1 Å². The Morgan fingerprint density at radius 1 is 1.33 bits per heavy atom. The van der Waals surface area contributed by atoms with Gasteiger partial charge in [-0.25, -0.2) is 10.1 Å². The van der Waals surface area contributed by atoms with Crippen LogP contribution >= 0.6 is 11.3 Å². The first kappa shape index (κ1) is 23.1. The predicted molar refractivity (Wildman–Crippen MR) is 131 cm³/mol. The van der Waals surface area contributed by atoms with E-state index in [-0.39, 0.29) is 12.0 Å². The number of nitrogens with two attached hydrogens (primary N) is 1. The highest BCUT2D eigenvalue weighted by atomic mass is 32.2. The second-order valence-corrected chi connectivity index (χ2v) is 10.4. The first-order valence-electron chi connectivity index (χ1n) is 10.6. The summed E-state index contributed by atoms with van der Waals surface area (Å²) in [6.45, 7) is 3.85. The fourth-order valence-corrected chi connectivity index (χ4v) is 5.35. The van der Waals surface area contributed by atoms with Gasteiger partial charge in [-0.05, 0) is 68.0 Å². The summed E-state index contributed by atoms with van der Waals surface area (Å²) in [6.07, 6.45) is 5.93. The zero-order valence-electron chi connectivity index (χ0n) is 18.4. The minimum Gasteiger partial charge on any atom is -0.490 e. The van der Waals surface area contributed by atoms with Crippen LogP contribution in [0.5, 0.6) is 5.75 Å². The smallest absolute Gasteiger partial charge is 0.316 e. The molecule has 0 radical (unpaired) electrons. The van der Waals surface area contributed by atoms with Crippen LogP contribution < -0.4 is 9.88 Å². The van der Waals surface area contributed by atoms with E-state index in [0.717, 1.165) is 45.8 Å². The van der Waals surface area contributed by atoms with Crippen molar-refractivity contribution in [1.29, 1.82) is 5.26 Å². The van der Waals surface area contributed by atoms with Crippen molar-refractivity contribution in [3.63, 3.8) is 0 Å². The lowest BCUT2D eigenvalue weighted by atomic mass is 9.81. The van der Waals surface area contributed by atoms with E-state index in [9.17, 15) is 13.7 Å². The maximum Gasteiger partial charge on any atom is 0.316 e. The molecule has 0 spiro atoms. The standard InChI is InChI=1S/C24H24N4O3S2/c1-15(2)31-22-10-9-16(11-18(22)12-25)24-27-14-23(32-24)21-8-4-6-19-17(5-3-7-20(19)21)13-28-33(26,29)30/h4,6,8-11,13-15,17H,3,5,7H2,1-2H3,(H2,26,29,30)/b28-13+. The Hall–Kier alpha value is -3.06. The predicted octanol–water partition coefficient (Wildman–Crippen LogP) is 4.83. The number of benzene rings is 2. The van der Waals surface area contributed by atoms with E-state index < -0.39 is 10.2 Å². The molecular formula is C24H24N4O3S2. The van der Waals surface area contributed by atoms with Crippen LogP contribution in [0.25, 0.3) is 21.0 Å². The van der Waals surface area contributed by atoms with Crippen LogP contribution in [-0.4, -0.2) is 25.7 Å². The van der Waals surface area contributed by atoms with Gasteiger partial charge in [0, 0.05) is 23.9 Å². The molecule has 1 unspecified atom stereocenters. The molecule has 33 heavy (non-hydrogen) atoms. The molecule has 1 heterocycles. The van der Waals surface area contributed by atoms with E-state index in [2.05, 4.69) is 21.5 Å². The summed E-state index contributed by atoms with van der Waals surface area (Å²) in [4.78, 5) is 5.63. The molecule has 0 bridgehead atoms. The zero-order valence-corrected chi connectivity index (χ0v) is 20.0. The molecule has 4 rings (SSSR count). The third-order valence-electron chi connectivity index (χ3n) is 5.42. The molecule has 0 saturated carbocycles. The molecule has 0 aliphatic heterocycles. The van der Waals surface area contributed by atoms with E-state index >= 15 is 0 Å². The molecule has 2 N–H and O–H groups in total. The van der Waals surface area contributed by atoms with Crippen LogP contribution in [0.1, 0.15) is 49.3 Å². The van der Waals surface area contributed by atoms with Gasteiger partial charge in [0.1, 0.15) is 16.8 Å². The Bertz CT molecular complexity index is 1350. The fourth-order valence-electron chi connectivity index (χ4n) is 4.07. The van der Waals surface area contributed by atoms with E-state index in [0.29, 0.717) is 11.3 Å². The number of thiazole rings is 1. The van der Waals surface area contributed by atoms with Crippen LogP contribution in [-0.2, 0) is 16.6 Å². The Morgan fingerprint density at radius 3 is 2.88 bits per heavy atom. The minimum absolute atomic E-state index is 0.0162. The summed E-state index contributed by atoms with van der Waals surface area (Å²) >= 11 is 1.56. The average Bonchev–Trinajstić information content (AvgIpc) is 3.26. The molecule has 0 saturated heterocycles. The quantitative estimate of drug-likeness (QED) is 0.507. The molecule has 1 atom stereocenters. The molecule has 9 heteroatoms. The summed E-state index contributed by atoms with van der Waals surface area (Å²) < 4.78 is 31.8. The Labute approximate surface area is 197 Å². The van der Waals surface area contributed by atoms with Gasteiger partial charge < -0.3 is 4.74 Å². The summed E-state index contributed by atoms with van der Waals surface area (Å²) in [5.74, 6) is 0.475. The number of ether oxygens (including phenoxy) is 1. The van der Waals surface area contributed by atoms with Gasteiger partial charge in [-0.1, -0.05) is 18.2 Å². The molecule has 2 aromatic carbocycles. The maximum atomic E-state index is 11.3. The molecule has 170 valence electrons. The molecule has 7 nitrogen and oxygen atoms in total. The van der Waals surface area contributed by atoms with Gasteiger partial charge in [-0.15, -0.1) is 11.3 Å². The first-order chi connectivity index (χ1) is 15.7. The topological polar surface area (TPSA) is 118 Å². The molecule has 1 aliphatic carbocycles. The SMILES string of the molecule is CC(C)Oc1ccc(-c2ncc(-c3cccc4c3CCCC4/C=N/S(N)(=O)=O)s2)cc1C#N. The lowest BCUT2D eigenvalue weighted by Gasteiger charge is -2.24. The highest BCUT2D eigenvalue weighted by Gasteiger charge is 2.23. The van der Waals surface area contributed by atoms with Gasteiger partial charge in [0.05, 0.1) is 16.5 Å². The van der Waals surface area contributed by atoms with Gasteiger partial charge in [0.15, 0.2) is 0 Å². The van der Waals surface area contributed by atoms with Gasteiger partial charge >= 0.3 is 10.2 Å². The van der Waals surface area contributed by atoms with Crippen molar-refractivity contribution in [1.82, 2.24) is 4.98 Å². The van der Waals surface area contributed by atoms with E-state index in [1.165, 1.54) is 11.8 Å². The number of nitrogens with zero attached hydrogens (tertiary/aromatic N) is 3. The van der Waals surface area contributed by atoms with Crippen LogP contribution in [0.3, 0.4) is 0 Å². The fraction of sp³-hybridized carbons (Fsp3) is 0.292. The monoisotopic (exact) mass is 480 g/mol. The number of hydrogen-bond acceptors (Lipinski definition) is 6. The number of fused-ring (bicyclic) bond motifs is 1. The highest BCUT2D eigenvalue weighted by molar-refractivity contribution is 7.87. The summed E-state index contributed by atoms with van der Waals surface area (Å²) in [5, 5.41) is 15.4. The van der Waals surface area contributed by atoms with Crippen molar-refractivity contribution in [2.24, 2.45) is 9.54 Å². The van der Waals surface area contributed by atoms with E-state index in [4.69, 9.17) is 9.88 Å². The second-order valence-electron chi connectivity index (χ2n) is 8.16. The van der Waals surface area contributed by atoms with Crippen LogP contribution in [0.4, 0.5) is 0 Å². The molecule has 3 aromatic rings. The Morgan fingerprint density at radius 2 is 2.15 bits per heavy atom. The Balaban J connectivity index is 1.68. The first-order valence-corrected chi connectivity index (χ1v) is 12.9. The lowest BCUT2D eigenvalue weighted by molar-refractivity contribution is 0.242. The molecular weight excluding hydrogens is 456 g/mol. The van der Waals surface area contributed by atoms with Gasteiger partial charge in [0.2, 0.25) is 0 Å². The summed E-state index contributed by atoms with van der Waals surface area (Å²) in [7, 11) is -3.90. The van der Waals surface area contributed by atoms with E-state index in [1.807, 2.05) is 44.3 Å². The van der Waals surface area contributed by atoms with Gasteiger partial charge in [0.25, 0.3) is 0 Å². The third-order valence-corrected chi connectivity index (χ3v) is 6.92. The largest absolute Gasteiger partial charge is 0.490 e. The molecule has 0 fully saturated rings. The maximum absolute atomic E-state index is 11.3. The van der Waals surface area contributed by atoms with Crippen molar-refractivity contribution in [3.05, 3.63) is 59.3 Å². The van der Waals surface area contributed by atoms with Crippen LogP contribution in [0, 0.1) is 11.3 Å². The average molecular weight is 481 g/mol. The number of hydrogen-bond donors (Lipinski definition) is 1. The highest BCUT2D eigenvalue weighted by Crippen LogP contribution is 2.40. The minimum atomic E-state index is -3.90. The molecule has 1 aliphatic rings. The third kappa shape index (κ3) is 5.30. The number of rotatable bonds is 6. The molecule has 0 amide bonds. The van der Waals surface area contributed by atoms with Gasteiger partial charge in [-0.3, -0.25) is 0 Å². The number of nitriles is 1. The van der Waals surface area contributed by atoms with Crippen molar-refractivity contribution in [2.75, 3.05) is 0 Å². The van der Waals surface area contributed by atoms with E-state index in [1.54, 1.807) is 17.4 Å². The number of aromatic nitrogens is 1. The second kappa shape index (κ2) is 9.43. The lowest BCUT2D eigenvalue weighted by Crippen LogP contribution is -2.14. The normalized spacial score (nSPS) is 16.0. The Kier molecular flexibility index (Phi) is 6.61. The van der Waals surface area contributed by atoms with Crippen LogP contribution in [0.2, 0.25) is 0 Å². The summed E-state index contributed by atoms with van der Waals surface area (Å²) in [5.41, 5.74) is 4.69. The van der Waals surface area contributed by atoms with Crippen molar-refractivity contribution >= 4 is 27.8 Å². The van der Waals surface area contributed by atoms with Crippen LogP contribution in [0.15, 0.2) is 47.0 Å².